The molecule has 1 aliphatic rings. The van der Waals surface area contributed by atoms with Crippen LogP contribution in [0.3, 0.4) is 0 Å². The first-order chi connectivity index (χ1) is 8.17. The van der Waals surface area contributed by atoms with E-state index in [-0.39, 0.29) is 10.9 Å². The molecule has 0 spiro atoms. The molecule has 1 aliphatic heterocycles. The molecule has 1 atom stereocenters. The molecule has 1 heterocycles. The summed E-state index contributed by atoms with van der Waals surface area (Å²) in [5.74, 6) is 0.292. The highest BCUT2D eigenvalue weighted by molar-refractivity contribution is 8.29. The molecule has 1 rings (SSSR count). The Bertz CT molecular complexity index is 297. The highest BCUT2D eigenvalue weighted by Crippen LogP contribution is 2.54. The SMILES string of the molecule is CC[C@H](CN1CCCC1=O)OS(C)(C)C(C)(C)C. The van der Waals surface area contributed by atoms with Gasteiger partial charge in [-0.1, -0.05) is 27.7 Å². The molecule has 1 amide bonds. The number of hydrogen-bond acceptors (Lipinski definition) is 2. The minimum atomic E-state index is -1.11. The van der Waals surface area contributed by atoms with Gasteiger partial charge in [-0.2, -0.15) is 0 Å². The van der Waals surface area contributed by atoms with E-state index in [0.717, 1.165) is 25.9 Å². The topological polar surface area (TPSA) is 29.5 Å². The summed E-state index contributed by atoms with van der Waals surface area (Å²) >= 11 is 0. The molecule has 0 saturated carbocycles. The van der Waals surface area contributed by atoms with E-state index in [4.69, 9.17) is 4.18 Å². The van der Waals surface area contributed by atoms with Gasteiger partial charge in [0.2, 0.25) is 5.91 Å². The number of nitrogens with zero attached hydrogens (tertiary/aromatic N) is 1. The lowest BCUT2D eigenvalue weighted by Crippen LogP contribution is -2.37. The van der Waals surface area contributed by atoms with Crippen molar-refractivity contribution in [3.8, 4) is 0 Å². The van der Waals surface area contributed by atoms with Crippen molar-refractivity contribution in [2.75, 3.05) is 25.6 Å². The zero-order valence-corrected chi connectivity index (χ0v) is 13.6. The quantitative estimate of drug-likeness (QED) is 0.771. The molecule has 4 heteroatoms. The molecule has 0 N–H and O–H groups in total. The highest BCUT2D eigenvalue weighted by atomic mass is 32.3. The van der Waals surface area contributed by atoms with Crippen molar-refractivity contribution in [2.45, 2.75) is 57.8 Å². The summed E-state index contributed by atoms with van der Waals surface area (Å²) in [6.45, 7) is 10.5. The predicted molar refractivity (Wildman–Crippen MR) is 80.2 cm³/mol. The summed E-state index contributed by atoms with van der Waals surface area (Å²) in [5.41, 5.74) is 0. The largest absolute Gasteiger partial charge is 0.340 e. The van der Waals surface area contributed by atoms with E-state index in [0.29, 0.717) is 12.3 Å². The number of carbonyl (C=O) groups is 1. The van der Waals surface area contributed by atoms with Crippen LogP contribution < -0.4 is 0 Å². The van der Waals surface area contributed by atoms with E-state index in [1.165, 1.54) is 0 Å². The maximum absolute atomic E-state index is 11.7. The third kappa shape index (κ3) is 3.89. The number of likely N-dealkylation sites (tertiary alicyclic amines) is 1. The van der Waals surface area contributed by atoms with Gasteiger partial charge in [-0.25, -0.2) is 0 Å². The summed E-state index contributed by atoms with van der Waals surface area (Å²) in [7, 11) is -1.11. The predicted octanol–water partition coefficient (Wildman–Crippen LogP) is 3.18. The number of carbonyl (C=O) groups excluding carboxylic acids is 1. The molecule has 18 heavy (non-hydrogen) atoms. The second-order valence-electron chi connectivity index (χ2n) is 6.42. The monoisotopic (exact) mass is 275 g/mol. The first-order valence-corrected chi connectivity index (χ1v) is 9.23. The van der Waals surface area contributed by atoms with Crippen LogP contribution in [0, 0.1) is 0 Å². The average Bonchev–Trinajstić information content (AvgIpc) is 2.61. The second-order valence-corrected chi connectivity index (χ2v) is 10.3. The summed E-state index contributed by atoms with van der Waals surface area (Å²) in [6, 6.07) is 0. The lowest BCUT2D eigenvalue weighted by atomic mass is 10.2. The molecule has 0 unspecified atom stereocenters. The molecular weight excluding hydrogens is 246 g/mol. The average molecular weight is 275 g/mol. The van der Waals surface area contributed by atoms with Crippen LogP contribution in [-0.4, -0.2) is 47.3 Å². The number of hydrogen-bond donors (Lipinski definition) is 0. The molecule has 1 saturated heterocycles. The van der Waals surface area contributed by atoms with Crippen LogP contribution in [0.4, 0.5) is 0 Å². The molecule has 0 aromatic rings. The highest BCUT2D eigenvalue weighted by Gasteiger charge is 2.32. The van der Waals surface area contributed by atoms with E-state index in [1.54, 1.807) is 0 Å². The van der Waals surface area contributed by atoms with Crippen LogP contribution >= 0.6 is 10.3 Å². The Morgan fingerprint density at radius 2 is 2.00 bits per heavy atom. The summed E-state index contributed by atoms with van der Waals surface area (Å²) in [6.07, 6.45) is 7.31. The fourth-order valence-corrected chi connectivity index (χ4v) is 3.02. The van der Waals surface area contributed by atoms with Crippen molar-refractivity contribution in [3.05, 3.63) is 0 Å². The molecule has 0 aromatic carbocycles. The van der Waals surface area contributed by atoms with Crippen LogP contribution in [0.5, 0.6) is 0 Å². The molecule has 108 valence electrons. The summed E-state index contributed by atoms with van der Waals surface area (Å²) < 4.78 is 6.53. The van der Waals surface area contributed by atoms with Gasteiger partial charge in [-0.3, -0.25) is 4.79 Å². The van der Waals surface area contributed by atoms with Crippen molar-refractivity contribution in [1.82, 2.24) is 4.90 Å². The fraction of sp³-hybridized carbons (Fsp3) is 0.929. The maximum atomic E-state index is 11.7. The fourth-order valence-electron chi connectivity index (χ4n) is 1.85. The summed E-state index contributed by atoms with van der Waals surface area (Å²) in [4.78, 5) is 13.6. The molecule has 3 nitrogen and oxygen atoms in total. The van der Waals surface area contributed by atoms with Crippen LogP contribution in [0.15, 0.2) is 0 Å². The first-order valence-electron chi connectivity index (χ1n) is 6.86. The van der Waals surface area contributed by atoms with Crippen LogP contribution in [-0.2, 0) is 8.98 Å². The third-order valence-electron chi connectivity index (χ3n) is 3.90. The van der Waals surface area contributed by atoms with Gasteiger partial charge in [0.05, 0.1) is 6.10 Å². The number of rotatable bonds is 5. The van der Waals surface area contributed by atoms with Gasteiger partial charge in [-0.05, 0) is 25.4 Å². The van der Waals surface area contributed by atoms with E-state index >= 15 is 0 Å². The smallest absolute Gasteiger partial charge is 0.222 e. The Kier molecular flexibility index (Phi) is 5.13. The Morgan fingerprint density at radius 1 is 1.39 bits per heavy atom. The van der Waals surface area contributed by atoms with Gasteiger partial charge < -0.3 is 9.08 Å². The minimum absolute atomic E-state index is 0.176. The normalized spacial score (nSPS) is 20.3. The molecule has 0 bridgehead atoms. The van der Waals surface area contributed by atoms with Gasteiger partial charge in [0.1, 0.15) is 0 Å². The van der Waals surface area contributed by atoms with Gasteiger partial charge in [0, 0.05) is 24.3 Å². The van der Waals surface area contributed by atoms with Gasteiger partial charge in [0.25, 0.3) is 0 Å². The Hall–Kier alpha value is -0.220. The molecular formula is C14H29NO2S. The van der Waals surface area contributed by atoms with E-state index in [1.807, 2.05) is 4.90 Å². The molecule has 1 fully saturated rings. The zero-order chi connectivity index (χ0) is 14.0. The van der Waals surface area contributed by atoms with Crippen molar-refractivity contribution in [3.63, 3.8) is 0 Å². The van der Waals surface area contributed by atoms with Crippen molar-refractivity contribution < 1.29 is 8.98 Å². The van der Waals surface area contributed by atoms with E-state index in [2.05, 4.69) is 40.2 Å². The van der Waals surface area contributed by atoms with Crippen molar-refractivity contribution >= 4 is 16.2 Å². The summed E-state index contributed by atoms with van der Waals surface area (Å²) in [5, 5.41) is 0. The molecule has 0 aromatic heterocycles. The van der Waals surface area contributed by atoms with E-state index in [9.17, 15) is 4.79 Å². The lowest BCUT2D eigenvalue weighted by Gasteiger charge is -2.46. The van der Waals surface area contributed by atoms with Crippen molar-refractivity contribution in [2.24, 2.45) is 0 Å². The van der Waals surface area contributed by atoms with Gasteiger partial charge in [-0.15, -0.1) is 10.3 Å². The van der Waals surface area contributed by atoms with Crippen molar-refractivity contribution in [1.29, 1.82) is 0 Å². The maximum Gasteiger partial charge on any atom is 0.222 e. The second kappa shape index (κ2) is 5.83. The van der Waals surface area contributed by atoms with Crippen LogP contribution in [0.1, 0.15) is 47.0 Å². The molecule has 0 radical (unpaired) electrons. The Labute approximate surface area is 114 Å². The Balaban J connectivity index is 2.59. The minimum Gasteiger partial charge on any atom is -0.340 e. The number of amides is 1. The lowest BCUT2D eigenvalue weighted by molar-refractivity contribution is -0.128. The van der Waals surface area contributed by atoms with E-state index < -0.39 is 10.3 Å². The third-order valence-corrected chi connectivity index (χ3v) is 7.60. The van der Waals surface area contributed by atoms with Crippen LogP contribution in [0.25, 0.3) is 0 Å². The van der Waals surface area contributed by atoms with Gasteiger partial charge >= 0.3 is 0 Å². The standard InChI is InChI=1S/C14H29NO2S/c1-7-12(11-15-10-8-9-13(15)16)17-18(5,6)14(2,3)4/h12H,7-11H2,1-6H3/t12-/m1/s1. The first kappa shape index (κ1) is 15.8. The molecule has 0 aliphatic carbocycles. The van der Waals surface area contributed by atoms with Gasteiger partial charge in [0.15, 0.2) is 0 Å². The van der Waals surface area contributed by atoms with Crippen LogP contribution in [0.2, 0.25) is 0 Å². The zero-order valence-electron chi connectivity index (χ0n) is 12.8. The Morgan fingerprint density at radius 3 is 2.39 bits per heavy atom.